The Bertz CT molecular complexity index is 424. The van der Waals surface area contributed by atoms with Crippen LogP contribution in [0.3, 0.4) is 0 Å². The van der Waals surface area contributed by atoms with Gasteiger partial charge in [-0.3, -0.25) is 9.59 Å². The van der Waals surface area contributed by atoms with Gasteiger partial charge in [0.2, 0.25) is 11.8 Å². The molecule has 0 spiro atoms. The lowest BCUT2D eigenvalue weighted by Gasteiger charge is -2.20. The lowest BCUT2D eigenvalue weighted by molar-refractivity contribution is -0.131. The Morgan fingerprint density at radius 1 is 1.35 bits per heavy atom. The third-order valence-corrected chi connectivity index (χ3v) is 4.10. The number of carbonyl (C=O) groups is 2. The van der Waals surface area contributed by atoms with Crippen molar-refractivity contribution in [1.29, 1.82) is 0 Å². The number of alkyl halides is 1. The van der Waals surface area contributed by atoms with Gasteiger partial charge in [0.15, 0.2) is 0 Å². The molecule has 0 aliphatic carbocycles. The van der Waals surface area contributed by atoms with Crippen molar-refractivity contribution in [2.45, 2.75) is 0 Å². The van der Waals surface area contributed by atoms with E-state index in [0.29, 0.717) is 0 Å². The number of anilines is 1. The normalized spacial score (nSPS) is 10.1. The first-order valence-corrected chi connectivity index (χ1v) is 6.92. The number of rotatable bonds is 4. The standard InChI is InChI=1S/C10H12BrClN2O2S/c1-13(8(15)5-12)6-9(16)14(2)10-4-3-7(11)17-10/h3-4H,5-6H2,1-2H3. The van der Waals surface area contributed by atoms with Crippen LogP contribution < -0.4 is 4.90 Å². The van der Waals surface area contributed by atoms with E-state index in [1.807, 2.05) is 12.1 Å². The monoisotopic (exact) mass is 338 g/mol. The van der Waals surface area contributed by atoms with Crippen LogP contribution >= 0.6 is 38.9 Å². The van der Waals surface area contributed by atoms with Gasteiger partial charge >= 0.3 is 0 Å². The zero-order valence-corrected chi connectivity index (χ0v) is 12.6. The van der Waals surface area contributed by atoms with Crippen LogP contribution in [0.15, 0.2) is 15.9 Å². The lowest BCUT2D eigenvalue weighted by Crippen LogP contribution is -2.39. The van der Waals surface area contributed by atoms with Gasteiger partial charge in [0.1, 0.15) is 5.88 Å². The molecule has 0 aliphatic rings. The van der Waals surface area contributed by atoms with Gasteiger partial charge in [-0.2, -0.15) is 0 Å². The third-order valence-electron chi connectivity index (χ3n) is 2.18. The van der Waals surface area contributed by atoms with Gasteiger partial charge in [0.25, 0.3) is 0 Å². The number of amides is 2. The Morgan fingerprint density at radius 3 is 2.47 bits per heavy atom. The summed E-state index contributed by atoms with van der Waals surface area (Å²) in [5.74, 6) is -0.529. The SMILES string of the molecule is CN(CC(=O)N(C)c1ccc(Br)s1)C(=O)CCl. The smallest absolute Gasteiger partial charge is 0.246 e. The molecular weight excluding hydrogens is 328 g/mol. The Kier molecular flexibility index (Phi) is 5.42. The number of carbonyl (C=O) groups excluding carboxylic acids is 2. The predicted octanol–water partition coefficient (Wildman–Crippen LogP) is 2.17. The van der Waals surface area contributed by atoms with Crippen molar-refractivity contribution in [1.82, 2.24) is 4.90 Å². The third kappa shape index (κ3) is 3.97. The number of hydrogen-bond acceptors (Lipinski definition) is 3. The molecule has 1 heterocycles. The number of thiophene rings is 1. The van der Waals surface area contributed by atoms with Crippen molar-refractivity contribution < 1.29 is 9.59 Å². The number of nitrogens with zero attached hydrogens (tertiary/aromatic N) is 2. The van der Waals surface area contributed by atoms with Crippen LogP contribution in [0.4, 0.5) is 5.00 Å². The summed E-state index contributed by atoms with van der Waals surface area (Å²) in [5, 5.41) is 0.827. The molecule has 1 aromatic heterocycles. The molecule has 0 saturated heterocycles. The van der Waals surface area contributed by atoms with Crippen molar-refractivity contribution in [3.63, 3.8) is 0 Å². The number of hydrogen-bond donors (Lipinski definition) is 0. The summed E-state index contributed by atoms with van der Waals surface area (Å²) in [6, 6.07) is 3.72. The first kappa shape index (κ1) is 14.5. The molecule has 2 amide bonds. The molecule has 0 bridgehead atoms. The van der Waals surface area contributed by atoms with Crippen molar-refractivity contribution in [3.8, 4) is 0 Å². The summed E-state index contributed by atoms with van der Waals surface area (Å²) < 4.78 is 0.956. The second-order valence-corrected chi connectivity index (χ2v) is 6.12. The maximum absolute atomic E-state index is 11.9. The average Bonchev–Trinajstić information content (AvgIpc) is 2.73. The van der Waals surface area contributed by atoms with Crippen LogP contribution in [0.1, 0.15) is 0 Å². The molecule has 0 aromatic carbocycles. The van der Waals surface area contributed by atoms with Crippen LogP contribution in [0.25, 0.3) is 0 Å². The fraction of sp³-hybridized carbons (Fsp3) is 0.400. The second-order valence-electron chi connectivity index (χ2n) is 3.41. The van der Waals surface area contributed by atoms with E-state index >= 15 is 0 Å². The van der Waals surface area contributed by atoms with Crippen LogP contribution in [0.2, 0.25) is 0 Å². The van der Waals surface area contributed by atoms with Crippen molar-refractivity contribution >= 4 is 55.7 Å². The quantitative estimate of drug-likeness (QED) is 0.789. The van der Waals surface area contributed by atoms with Crippen LogP contribution in [0.5, 0.6) is 0 Å². The Hall–Kier alpha value is -0.590. The summed E-state index contributed by atoms with van der Waals surface area (Å²) in [4.78, 5) is 25.9. The van der Waals surface area contributed by atoms with Gasteiger partial charge in [-0.1, -0.05) is 0 Å². The predicted molar refractivity (Wildman–Crippen MR) is 73.8 cm³/mol. The van der Waals surface area contributed by atoms with Gasteiger partial charge in [0, 0.05) is 14.1 Å². The van der Waals surface area contributed by atoms with Crippen LogP contribution in [0, 0.1) is 0 Å². The van der Waals surface area contributed by atoms with Gasteiger partial charge in [-0.25, -0.2) is 0 Å². The van der Waals surface area contributed by atoms with Gasteiger partial charge in [-0.05, 0) is 28.1 Å². The number of halogens is 2. The molecule has 4 nitrogen and oxygen atoms in total. The Balaban J connectivity index is 2.62. The molecule has 7 heteroatoms. The summed E-state index contributed by atoms with van der Waals surface area (Å²) in [6.07, 6.45) is 0. The van der Waals surface area contributed by atoms with E-state index in [-0.39, 0.29) is 24.2 Å². The maximum atomic E-state index is 11.9. The number of likely N-dealkylation sites (N-methyl/N-ethyl adjacent to an activating group) is 2. The molecule has 0 aliphatic heterocycles. The average molecular weight is 340 g/mol. The minimum atomic E-state index is -0.263. The zero-order valence-electron chi connectivity index (χ0n) is 9.44. The molecule has 0 unspecified atom stereocenters. The fourth-order valence-electron chi connectivity index (χ4n) is 1.11. The summed E-state index contributed by atoms with van der Waals surface area (Å²) in [7, 11) is 3.24. The lowest BCUT2D eigenvalue weighted by atomic mass is 10.4. The first-order chi connectivity index (χ1) is 7.95. The minimum Gasteiger partial charge on any atom is -0.335 e. The summed E-state index contributed by atoms with van der Waals surface area (Å²) in [6.45, 7) is 0.0254. The molecule has 0 saturated carbocycles. The minimum absolute atomic E-state index is 0.0254. The molecule has 1 aromatic rings. The Morgan fingerprint density at radius 2 is 2.00 bits per heavy atom. The van der Waals surface area contributed by atoms with E-state index in [9.17, 15) is 9.59 Å². The van der Waals surface area contributed by atoms with E-state index < -0.39 is 0 Å². The molecule has 1 rings (SSSR count). The highest BCUT2D eigenvalue weighted by Gasteiger charge is 2.17. The zero-order chi connectivity index (χ0) is 13.0. The second kappa shape index (κ2) is 6.37. The van der Waals surface area contributed by atoms with E-state index in [1.165, 1.54) is 21.1 Å². The molecular formula is C10H12BrClN2O2S. The highest BCUT2D eigenvalue weighted by molar-refractivity contribution is 9.11. The first-order valence-electron chi connectivity index (χ1n) is 4.77. The topological polar surface area (TPSA) is 40.6 Å². The van der Waals surface area contributed by atoms with Gasteiger partial charge in [0.05, 0.1) is 15.3 Å². The molecule has 0 atom stereocenters. The van der Waals surface area contributed by atoms with E-state index in [4.69, 9.17) is 11.6 Å². The van der Waals surface area contributed by atoms with E-state index in [1.54, 1.807) is 14.1 Å². The summed E-state index contributed by atoms with van der Waals surface area (Å²) >= 11 is 10.2. The van der Waals surface area contributed by atoms with E-state index in [0.717, 1.165) is 8.79 Å². The largest absolute Gasteiger partial charge is 0.335 e. The maximum Gasteiger partial charge on any atom is 0.246 e. The van der Waals surface area contributed by atoms with Crippen molar-refractivity contribution in [3.05, 3.63) is 15.9 Å². The Labute approximate surface area is 117 Å². The fourth-order valence-corrected chi connectivity index (χ4v) is 2.65. The molecule has 0 fully saturated rings. The molecule has 94 valence electrons. The van der Waals surface area contributed by atoms with Crippen LogP contribution in [-0.4, -0.2) is 43.2 Å². The van der Waals surface area contributed by atoms with Gasteiger partial charge < -0.3 is 9.80 Å². The van der Waals surface area contributed by atoms with Crippen LogP contribution in [-0.2, 0) is 9.59 Å². The van der Waals surface area contributed by atoms with Crippen molar-refractivity contribution in [2.24, 2.45) is 0 Å². The highest BCUT2D eigenvalue weighted by Crippen LogP contribution is 2.29. The van der Waals surface area contributed by atoms with Gasteiger partial charge in [-0.15, -0.1) is 22.9 Å². The summed E-state index contributed by atoms with van der Waals surface area (Å²) in [5.41, 5.74) is 0. The highest BCUT2D eigenvalue weighted by atomic mass is 79.9. The van der Waals surface area contributed by atoms with Crippen molar-refractivity contribution in [2.75, 3.05) is 31.4 Å². The van der Waals surface area contributed by atoms with E-state index in [2.05, 4.69) is 15.9 Å². The molecule has 0 radical (unpaired) electrons. The molecule has 17 heavy (non-hydrogen) atoms. The molecule has 0 N–H and O–H groups in total.